The molecule has 0 aromatic carbocycles. The van der Waals surface area contributed by atoms with E-state index < -0.39 is 0 Å². The first-order valence-corrected chi connectivity index (χ1v) is 5.74. The van der Waals surface area contributed by atoms with Crippen LogP contribution in [0.15, 0.2) is 29.0 Å². The highest BCUT2D eigenvalue weighted by molar-refractivity contribution is 5.17. The molecule has 3 heteroatoms. The zero-order valence-electron chi connectivity index (χ0n) is 11.1. The summed E-state index contributed by atoms with van der Waals surface area (Å²) in [6.07, 6.45) is 6.02. The first kappa shape index (κ1) is 15.0. The molecule has 0 saturated heterocycles. The largest absolute Gasteiger partial charge is 0.311 e. The molecule has 0 aliphatic rings. The summed E-state index contributed by atoms with van der Waals surface area (Å²) >= 11 is 0. The highest BCUT2D eigenvalue weighted by Crippen LogP contribution is 2.04. The molecule has 0 bridgehead atoms. The lowest BCUT2D eigenvalue weighted by atomic mass is 10.1. The fraction of sp³-hybridized carbons (Fsp3) is 0.692. The lowest BCUT2D eigenvalue weighted by Crippen LogP contribution is -2.38. The lowest BCUT2D eigenvalue weighted by molar-refractivity contribution is 0.405. The van der Waals surface area contributed by atoms with Gasteiger partial charge in [0.25, 0.3) is 0 Å². The second-order valence-corrected chi connectivity index (χ2v) is 5.23. The standard InChI is InChI=1S/C13H24N2O/c1-11(8-9-15-16)6-7-12(2)10-14-13(3,4)5/h6-8,12,14H,9-10H2,1-5H3/b7-6-,11-8-. The minimum Gasteiger partial charge on any atom is -0.311 e. The third-order valence-corrected chi connectivity index (χ3v) is 2.13. The molecule has 0 amide bonds. The number of rotatable bonds is 6. The van der Waals surface area contributed by atoms with E-state index in [1.54, 1.807) is 0 Å². The average molecular weight is 224 g/mol. The third-order valence-electron chi connectivity index (χ3n) is 2.13. The van der Waals surface area contributed by atoms with E-state index in [0.717, 1.165) is 12.1 Å². The van der Waals surface area contributed by atoms with Crippen molar-refractivity contribution in [1.82, 2.24) is 5.32 Å². The lowest BCUT2D eigenvalue weighted by Gasteiger charge is -2.22. The average Bonchev–Trinajstić information content (AvgIpc) is 2.19. The zero-order chi connectivity index (χ0) is 12.6. The summed E-state index contributed by atoms with van der Waals surface area (Å²) in [5, 5.41) is 6.25. The molecule has 0 radical (unpaired) electrons. The topological polar surface area (TPSA) is 41.5 Å². The van der Waals surface area contributed by atoms with Gasteiger partial charge in [0.2, 0.25) is 0 Å². The third kappa shape index (κ3) is 9.59. The molecule has 1 atom stereocenters. The maximum absolute atomic E-state index is 9.93. The smallest absolute Gasteiger partial charge is 0.0997 e. The van der Waals surface area contributed by atoms with E-state index in [2.05, 4.69) is 44.3 Å². The van der Waals surface area contributed by atoms with Crippen LogP contribution in [0.5, 0.6) is 0 Å². The Labute approximate surface area is 99.0 Å². The maximum Gasteiger partial charge on any atom is 0.0997 e. The molecular weight excluding hydrogens is 200 g/mol. The van der Waals surface area contributed by atoms with Crippen molar-refractivity contribution in [1.29, 1.82) is 0 Å². The molecule has 0 aliphatic heterocycles. The number of nitrogens with one attached hydrogen (secondary N) is 1. The fourth-order valence-electron chi connectivity index (χ4n) is 1.10. The molecule has 92 valence electrons. The van der Waals surface area contributed by atoms with Crippen LogP contribution in [0.25, 0.3) is 0 Å². The predicted octanol–water partition coefficient (Wildman–Crippen LogP) is 3.28. The molecule has 1 unspecified atom stereocenters. The van der Waals surface area contributed by atoms with Gasteiger partial charge < -0.3 is 5.32 Å². The van der Waals surface area contributed by atoms with E-state index in [4.69, 9.17) is 0 Å². The van der Waals surface area contributed by atoms with E-state index >= 15 is 0 Å². The van der Waals surface area contributed by atoms with Gasteiger partial charge in [-0.25, -0.2) is 0 Å². The van der Waals surface area contributed by atoms with Gasteiger partial charge in [0.15, 0.2) is 0 Å². The van der Waals surface area contributed by atoms with Gasteiger partial charge in [0.1, 0.15) is 0 Å². The minimum absolute atomic E-state index is 0.161. The number of nitroso groups, excluding NO2 is 1. The summed E-state index contributed by atoms with van der Waals surface area (Å²) < 4.78 is 0. The zero-order valence-corrected chi connectivity index (χ0v) is 11.1. The van der Waals surface area contributed by atoms with Crippen molar-refractivity contribution in [3.8, 4) is 0 Å². The van der Waals surface area contributed by atoms with Crippen molar-refractivity contribution < 1.29 is 0 Å². The number of hydrogen-bond acceptors (Lipinski definition) is 3. The molecule has 16 heavy (non-hydrogen) atoms. The summed E-state index contributed by atoms with van der Waals surface area (Å²) in [6, 6.07) is 0. The van der Waals surface area contributed by atoms with Gasteiger partial charge in [0.05, 0.1) is 6.54 Å². The molecule has 0 fully saturated rings. The van der Waals surface area contributed by atoms with Crippen LogP contribution >= 0.6 is 0 Å². The van der Waals surface area contributed by atoms with Gasteiger partial charge in [0, 0.05) is 12.1 Å². The Morgan fingerprint density at radius 1 is 1.44 bits per heavy atom. The second-order valence-electron chi connectivity index (χ2n) is 5.23. The van der Waals surface area contributed by atoms with Crippen LogP contribution in [-0.4, -0.2) is 18.6 Å². The Morgan fingerprint density at radius 3 is 2.56 bits per heavy atom. The van der Waals surface area contributed by atoms with Crippen molar-refractivity contribution in [2.45, 2.75) is 40.2 Å². The van der Waals surface area contributed by atoms with E-state index in [0.29, 0.717) is 5.92 Å². The molecule has 1 N–H and O–H groups in total. The van der Waals surface area contributed by atoms with Crippen LogP contribution < -0.4 is 5.32 Å². The van der Waals surface area contributed by atoms with E-state index in [1.165, 1.54) is 0 Å². The van der Waals surface area contributed by atoms with Crippen LogP contribution in [0.1, 0.15) is 34.6 Å². The van der Waals surface area contributed by atoms with Gasteiger partial charge in [-0.1, -0.05) is 35.9 Å². The SMILES string of the molecule is CC(/C=C\C(C)CNC(C)(C)C)=C/CN=O. The molecule has 0 aromatic heterocycles. The number of allylic oxidation sites excluding steroid dienone is 2. The number of nitrogens with zero attached hydrogens (tertiary/aromatic N) is 1. The minimum atomic E-state index is 0.161. The summed E-state index contributed by atoms with van der Waals surface area (Å²) in [5.74, 6) is 0.478. The molecule has 0 heterocycles. The van der Waals surface area contributed by atoms with Crippen LogP contribution in [0.4, 0.5) is 0 Å². The van der Waals surface area contributed by atoms with Gasteiger partial charge in [-0.05, 0) is 33.6 Å². The van der Waals surface area contributed by atoms with Crippen molar-refractivity contribution in [3.05, 3.63) is 28.7 Å². The Bertz CT molecular complexity index is 262. The molecular formula is C13H24N2O. The van der Waals surface area contributed by atoms with Crippen LogP contribution in [0, 0.1) is 10.8 Å². The summed E-state index contributed by atoms with van der Waals surface area (Å²) in [5.41, 5.74) is 1.25. The highest BCUT2D eigenvalue weighted by atomic mass is 16.3. The molecule has 0 spiro atoms. The van der Waals surface area contributed by atoms with Crippen molar-refractivity contribution >= 4 is 0 Å². The Morgan fingerprint density at radius 2 is 2.06 bits per heavy atom. The summed E-state index contributed by atoms with van der Waals surface area (Å²) in [6.45, 7) is 11.8. The van der Waals surface area contributed by atoms with Crippen molar-refractivity contribution in [3.63, 3.8) is 0 Å². The predicted molar refractivity (Wildman–Crippen MR) is 70.5 cm³/mol. The number of hydrogen-bond donors (Lipinski definition) is 1. The van der Waals surface area contributed by atoms with Gasteiger partial charge in [-0.2, -0.15) is 4.91 Å². The van der Waals surface area contributed by atoms with Crippen molar-refractivity contribution in [2.24, 2.45) is 11.1 Å². The van der Waals surface area contributed by atoms with Gasteiger partial charge in [-0.3, -0.25) is 0 Å². The van der Waals surface area contributed by atoms with Crippen LogP contribution in [0.2, 0.25) is 0 Å². The second kappa shape index (κ2) is 7.34. The fourth-order valence-corrected chi connectivity index (χ4v) is 1.10. The van der Waals surface area contributed by atoms with Crippen molar-refractivity contribution in [2.75, 3.05) is 13.1 Å². The molecule has 3 nitrogen and oxygen atoms in total. The molecule has 0 rings (SSSR count). The molecule has 0 aliphatic carbocycles. The summed E-state index contributed by atoms with van der Waals surface area (Å²) in [4.78, 5) is 9.93. The Kier molecular flexibility index (Phi) is 6.90. The van der Waals surface area contributed by atoms with E-state index in [1.807, 2.05) is 19.1 Å². The summed E-state index contributed by atoms with van der Waals surface area (Å²) in [7, 11) is 0. The van der Waals surface area contributed by atoms with E-state index in [9.17, 15) is 4.91 Å². The van der Waals surface area contributed by atoms with Gasteiger partial charge >= 0.3 is 0 Å². The maximum atomic E-state index is 9.93. The normalized spacial score (nSPS) is 15.4. The quantitative estimate of drug-likeness (QED) is 0.555. The Balaban J connectivity index is 3.99. The first-order valence-electron chi connectivity index (χ1n) is 5.74. The van der Waals surface area contributed by atoms with Crippen LogP contribution in [0.3, 0.4) is 0 Å². The molecule has 0 aromatic rings. The van der Waals surface area contributed by atoms with Crippen LogP contribution in [-0.2, 0) is 0 Å². The first-order chi connectivity index (χ1) is 7.35. The molecule has 0 saturated carbocycles. The monoisotopic (exact) mass is 224 g/mol. The van der Waals surface area contributed by atoms with E-state index in [-0.39, 0.29) is 12.1 Å². The Hall–Kier alpha value is -0.960. The highest BCUT2D eigenvalue weighted by Gasteiger charge is 2.09. The van der Waals surface area contributed by atoms with Gasteiger partial charge in [-0.15, -0.1) is 0 Å².